The molecule has 1 unspecified atom stereocenters. The third-order valence-corrected chi connectivity index (χ3v) is 5.95. The van der Waals surface area contributed by atoms with Gasteiger partial charge in [0.15, 0.2) is 29.1 Å². The number of rotatable bonds is 6. The van der Waals surface area contributed by atoms with Crippen LogP contribution < -0.4 is 10.1 Å². The number of aryl methyl sites for hydroxylation is 1. The van der Waals surface area contributed by atoms with Crippen molar-refractivity contribution in [3.63, 3.8) is 0 Å². The topological polar surface area (TPSA) is 94.8 Å². The number of ether oxygens (including phenoxy) is 2. The lowest BCUT2D eigenvalue weighted by molar-refractivity contribution is 0.0783. The van der Waals surface area contributed by atoms with Crippen molar-refractivity contribution < 1.29 is 19.1 Å². The van der Waals surface area contributed by atoms with Gasteiger partial charge in [0.1, 0.15) is 0 Å². The molecule has 0 saturated heterocycles. The molecule has 3 aromatic rings. The number of amides is 1. The molecule has 2 aliphatic carbocycles. The third-order valence-electron chi connectivity index (χ3n) is 5.95. The van der Waals surface area contributed by atoms with Crippen molar-refractivity contribution in [2.24, 2.45) is 5.92 Å². The monoisotopic (exact) mass is 434 g/mol. The Balaban J connectivity index is 1.56. The highest BCUT2D eigenvalue weighted by Crippen LogP contribution is 2.43. The van der Waals surface area contributed by atoms with Crippen molar-refractivity contribution >= 4 is 17.5 Å². The number of pyridine rings is 1. The number of nitrogens with one attached hydrogen (secondary N) is 1. The predicted molar refractivity (Wildman–Crippen MR) is 118 cm³/mol. The van der Waals surface area contributed by atoms with Gasteiger partial charge >= 0.3 is 6.09 Å². The average Bonchev–Trinajstić information content (AvgIpc) is 3.40. The molecule has 8 nitrogen and oxygen atoms in total. The molecule has 1 fully saturated rings. The van der Waals surface area contributed by atoms with Crippen LogP contribution in [0.15, 0.2) is 30.3 Å². The molecule has 166 valence electrons. The molecule has 32 heavy (non-hydrogen) atoms. The van der Waals surface area contributed by atoms with E-state index < -0.39 is 12.2 Å². The molecule has 0 spiro atoms. The Hall–Kier alpha value is -3.42. The summed E-state index contributed by atoms with van der Waals surface area (Å²) >= 11 is 0. The van der Waals surface area contributed by atoms with Crippen LogP contribution in [0.1, 0.15) is 61.0 Å². The molecular formula is C24H26N4O4. The van der Waals surface area contributed by atoms with Gasteiger partial charge in [-0.2, -0.15) is 0 Å². The van der Waals surface area contributed by atoms with E-state index in [4.69, 9.17) is 19.6 Å². The molecule has 2 aliphatic rings. The first-order chi connectivity index (χ1) is 15.4. The molecule has 8 heteroatoms. The first-order valence-electron chi connectivity index (χ1n) is 11.0. The van der Waals surface area contributed by atoms with E-state index in [1.54, 1.807) is 11.6 Å². The Bertz CT molecular complexity index is 1210. The van der Waals surface area contributed by atoms with Crippen molar-refractivity contribution in [2.75, 3.05) is 7.11 Å². The normalized spacial score (nSPS) is 16.3. The minimum absolute atomic E-state index is 0.0187. The number of benzene rings is 1. The van der Waals surface area contributed by atoms with Crippen LogP contribution in [0.3, 0.4) is 0 Å². The van der Waals surface area contributed by atoms with Crippen LogP contribution in [0, 0.1) is 5.92 Å². The maximum atomic E-state index is 12.3. The van der Waals surface area contributed by atoms with Gasteiger partial charge in [0.05, 0.1) is 12.8 Å². The van der Waals surface area contributed by atoms with Gasteiger partial charge in [-0.15, -0.1) is 5.10 Å². The second-order valence-corrected chi connectivity index (χ2v) is 8.75. The lowest BCUT2D eigenvalue weighted by Gasteiger charge is -2.16. The number of aromatic nitrogens is 3. The highest BCUT2D eigenvalue weighted by Gasteiger charge is 2.38. The van der Waals surface area contributed by atoms with E-state index in [2.05, 4.69) is 5.32 Å². The molecule has 2 aromatic heterocycles. The van der Waals surface area contributed by atoms with E-state index in [1.807, 2.05) is 44.2 Å². The molecule has 1 aromatic carbocycles. The minimum atomic E-state index is -0.510. The summed E-state index contributed by atoms with van der Waals surface area (Å²) in [5.41, 5.74) is 4.21. The second-order valence-electron chi connectivity index (χ2n) is 8.75. The van der Waals surface area contributed by atoms with Crippen LogP contribution in [0.4, 0.5) is 4.79 Å². The van der Waals surface area contributed by atoms with Crippen LogP contribution in [-0.4, -0.2) is 39.6 Å². The molecule has 5 rings (SSSR count). The first kappa shape index (κ1) is 20.5. The minimum Gasteiger partial charge on any atom is -0.493 e. The summed E-state index contributed by atoms with van der Waals surface area (Å²) in [5, 5.41) is 7.52. The molecule has 1 amide bonds. The van der Waals surface area contributed by atoms with E-state index >= 15 is 0 Å². The van der Waals surface area contributed by atoms with Gasteiger partial charge in [-0.3, -0.25) is 4.79 Å². The largest absolute Gasteiger partial charge is 0.493 e. The standard InChI is InChI=1S/C24H26N4O4/c1-13(2)25-24(30)32-21(14-4-5-14)22-26-23-20(31-3)11-9-18(28(23)27-22)16-6-8-17-15(12-16)7-10-19(17)29/h6,8-9,11-14,21H,4-5,7,10H2,1-3H3,(H,25,30). The number of methoxy groups -OCH3 is 1. The highest BCUT2D eigenvalue weighted by atomic mass is 16.6. The molecule has 1 saturated carbocycles. The Kier molecular flexibility index (Phi) is 5.07. The van der Waals surface area contributed by atoms with Gasteiger partial charge in [0.25, 0.3) is 0 Å². The Morgan fingerprint density at radius 1 is 1.19 bits per heavy atom. The zero-order chi connectivity index (χ0) is 22.4. The van der Waals surface area contributed by atoms with E-state index in [1.165, 1.54) is 0 Å². The summed E-state index contributed by atoms with van der Waals surface area (Å²) in [7, 11) is 1.59. The fourth-order valence-corrected chi connectivity index (χ4v) is 4.21. The summed E-state index contributed by atoms with van der Waals surface area (Å²) in [6.07, 6.45) is 2.28. The summed E-state index contributed by atoms with van der Waals surface area (Å²) in [4.78, 5) is 29.0. The van der Waals surface area contributed by atoms with E-state index in [-0.39, 0.29) is 17.7 Å². The Labute approximate surface area is 185 Å². The number of hydrogen-bond acceptors (Lipinski definition) is 6. The number of alkyl carbamates (subject to hydrolysis) is 1. The number of Topliss-reactive ketones (excluding diaryl/α,β-unsaturated/α-hetero) is 1. The van der Waals surface area contributed by atoms with E-state index in [9.17, 15) is 9.59 Å². The molecule has 2 heterocycles. The van der Waals surface area contributed by atoms with Gasteiger partial charge in [-0.1, -0.05) is 12.1 Å². The molecule has 0 bridgehead atoms. The number of nitrogens with zero attached hydrogens (tertiary/aromatic N) is 3. The molecular weight excluding hydrogens is 408 g/mol. The van der Waals surface area contributed by atoms with Gasteiger partial charge in [0.2, 0.25) is 0 Å². The number of ketones is 1. The quantitative estimate of drug-likeness (QED) is 0.627. The Morgan fingerprint density at radius 2 is 2.00 bits per heavy atom. The molecule has 1 atom stereocenters. The average molecular weight is 434 g/mol. The summed E-state index contributed by atoms with van der Waals surface area (Å²) in [6, 6.07) is 9.65. The summed E-state index contributed by atoms with van der Waals surface area (Å²) in [5.74, 6) is 1.46. The van der Waals surface area contributed by atoms with Crippen LogP contribution in [-0.2, 0) is 11.2 Å². The van der Waals surface area contributed by atoms with Crippen molar-refractivity contribution in [3.8, 4) is 17.0 Å². The maximum absolute atomic E-state index is 12.3. The SMILES string of the molecule is COc1ccc(-c2ccc3c(c2)CCC3=O)n2nc(C(OC(=O)NC(C)C)C3CC3)nc12. The fourth-order valence-electron chi connectivity index (χ4n) is 4.21. The zero-order valence-electron chi connectivity index (χ0n) is 18.4. The zero-order valence-corrected chi connectivity index (χ0v) is 18.4. The lowest BCUT2D eigenvalue weighted by atomic mass is 10.0. The third kappa shape index (κ3) is 3.70. The smallest absolute Gasteiger partial charge is 0.408 e. The Morgan fingerprint density at radius 3 is 2.72 bits per heavy atom. The molecule has 0 aliphatic heterocycles. The van der Waals surface area contributed by atoms with Gasteiger partial charge in [-0.05, 0) is 56.9 Å². The first-order valence-corrected chi connectivity index (χ1v) is 11.0. The number of carbonyl (C=O) groups excluding carboxylic acids is 2. The van der Waals surface area contributed by atoms with Crippen LogP contribution in [0.25, 0.3) is 16.9 Å². The van der Waals surface area contributed by atoms with Crippen LogP contribution in [0.2, 0.25) is 0 Å². The maximum Gasteiger partial charge on any atom is 0.408 e. The number of carbonyl (C=O) groups is 2. The van der Waals surface area contributed by atoms with Crippen molar-refractivity contribution in [3.05, 3.63) is 47.3 Å². The van der Waals surface area contributed by atoms with E-state index in [0.29, 0.717) is 23.6 Å². The predicted octanol–water partition coefficient (Wildman–Crippen LogP) is 4.12. The van der Waals surface area contributed by atoms with Gasteiger partial charge in [0, 0.05) is 29.5 Å². The van der Waals surface area contributed by atoms with Gasteiger partial charge < -0.3 is 14.8 Å². The lowest BCUT2D eigenvalue weighted by Crippen LogP contribution is -2.32. The second kappa shape index (κ2) is 7.93. The van der Waals surface area contributed by atoms with Crippen LogP contribution >= 0.6 is 0 Å². The highest BCUT2D eigenvalue weighted by molar-refractivity contribution is 6.00. The molecule has 0 radical (unpaired) electrons. The summed E-state index contributed by atoms with van der Waals surface area (Å²) in [6.45, 7) is 3.77. The van der Waals surface area contributed by atoms with Crippen molar-refractivity contribution in [2.45, 2.75) is 51.7 Å². The number of hydrogen-bond donors (Lipinski definition) is 1. The van der Waals surface area contributed by atoms with Gasteiger partial charge in [-0.25, -0.2) is 14.3 Å². The number of fused-ring (bicyclic) bond motifs is 2. The van der Waals surface area contributed by atoms with Crippen LogP contribution in [0.5, 0.6) is 5.75 Å². The van der Waals surface area contributed by atoms with Crippen molar-refractivity contribution in [1.29, 1.82) is 0 Å². The van der Waals surface area contributed by atoms with E-state index in [0.717, 1.165) is 41.6 Å². The van der Waals surface area contributed by atoms with Crippen molar-refractivity contribution in [1.82, 2.24) is 19.9 Å². The molecule has 1 N–H and O–H groups in total. The summed E-state index contributed by atoms with van der Waals surface area (Å²) < 4.78 is 13.0. The fraction of sp³-hybridized carbons (Fsp3) is 0.417.